The third-order valence-corrected chi connectivity index (χ3v) is 4.31. The molecule has 106 valence electrons. The van der Waals surface area contributed by atoms with Crippen LogP contribution < -0.4 is 16.2 Å². The van der Waals surface area contributed by atoms with Gasteiger partial charge in [0.1, 0.15) is 18.0 Å². The molecule has 1 heterocycles. The Labute approximate surface area is 115 Å². The van der Waals surface area contributed by atoms with Gasteiger partial charge in [-0.1, -0.05) is 26.7 Å². The number of hydrogen-bond donors (Lipinski definition) is 2. The molecule has 0 bridgehead atoms. The van der Waals surface area contributed by atoms with Crippen LogP contribution in [-0.2, 0) is 6.42 Å². The van der Waals surface area contributed by atoms with Crippen LogP contribution in [0.1, 0.15) is 45.1 Å². The van der Waals surface area contributed by atoms with Crippen LogP contribution in [0.3, 0.4) is 0 Å². The van der Waals surface area contributed by atoms with Gasteiger partial charge in [-0.25, -0.2) is 15.8 Å². The summed E-state index contributed by atoms with van der Waals surface area (Å²) in [5.41, 5.74) is 3.78. The smallest absolute Gasteiger partial charge is 0.148 e. The van der Waals surface area contributed by atoms with Crippen molar-refractivity contribution in [3.63, 3.8) is 0 Å². The molecular weight excluding hydrogens is 238 g/mol. The number of rotatable bonds is 4. The van der Waals surface area contributed by atoms with Crippen molar-refractivity contribution < 1.29 is 0 Å². The molecule has 2 atom stereocenters. The van der Waals surface area contributed by atoms with Crippen LogP contribution in [0, 0.1) is 5.92 Å². The molecule has 1 aliphatic rings. The first-order valence-electron chi connectivity index (χ1n) is 7.22. The Morgan fingerprint density at radius 1 is 1.37 bits per heavy atom. The molecule has 1 aromatic heterocycles. The number of nitrogen functional groups attached to an aromatic ring is 1. The fraction of sp³-hybridized carbons (Fsp3) is 0.714. The van der Waals surface area contributed by atoms with Crippen molar-refractivity contribution in [1.82, 2.24) is 9.97 Å². The van der Waals surface area contributed by atoms with Gasteiger partial charge in [-0.15, -0.1) is 0 Å². The average Bonchev–Trinajstić information content (AvgIpc) is 2.46. The van der Waals surface area contributed by atoms with Gasteiger partial charge in [0.25, 0.3) is 0 Å². The van der Waals surface area contributed by atoms with E-state index in [1.54, 1.807) is 6.33 Å². The van der Waals surface area contributed by atoms with Gasteiger partial charge in [0.2, 0.25) is 0 Å². The van der Waals surface area contributed by atoms with E-state index in [1.165, 1.54) is 25.7 Å². The zero-order valence-electron chi connectivity index (χ0n) is 12.2. The molecule has 1 aromatic rings. The van der Waals surface area contributed by atoms with Crippen molar-refractivity contribution in [3.05, 3.63) is 11.9 Å². The molecule has 5 heteroatoms. The molecule has 1 fully saturated rings. The topological polar surface area (TPSA) is 67.1 Å². The molecule has 3 N–H and O–H groups in total. The molecule has 0 spiro atoms. The van der Waals surface area contributed by atoms with Crippen LogP contribution in [0.15, 0.2) is 6.33 Å². The molecule has 2 rings (SSSR count). The summed E-state index contributed by atoms with van der Waals surface area (Å²) < 4.78 is 0. The maximum atomic E-state index is 5.54. The lowest BCUT2D eigenvalue weighted by molar-refractivity contribution is 0.320. The summed E-state index contributed by atoms with van der Waals surface area (Å²) in [5, 5.41) is 0. The van der Waals surface area contributed by atoms with Gasteiger partial charge in [0.05, 0.1) is 0 Å². The SMILES string of the molecule is CCc1c(NN)ncnc1N(C)C1CCCCC1C. The lowest BCUT2D eigenvalue weighted by Crippen LogP contribution is -2.40. The number of aromatic nitrogens is 2. The highest BCUT2D eigenvalue weighted by atomic mass is 15.3. The molecule has 2 unspecified atom stereocenters. The fourth-order valence-electron chi connectivity index (χ4n) is 3.19. The van der Waals surface area contributed by atoms with Crippen molar-refractivity contribution >= 4 is 11.6 Å². The summed E-state index contributed by atoms with van der Waals surface area (Å²) in [4.78, 5) is 11.0. The molecule has 5 nitrogen and oxygen atoms in total. The van der Waals surface area contributed by atoms with Crippen molar-refractivity contribution in [2.75, 3.05) is 17.4 Å². The van der Waals surface area contributed by atoms with Gasteiger partial charge >= 0.3 is 0 Å². The number of hydrazine groups is 1. The Kier molecular flexibility index (Phi) is 4.58. The summed E-state index contributed by atoms with van der Waals surface area (Å²) in [7, 11) is 2.15. The lowest BCUT2D eigenvalue weighted by Gasteiger charge is -2.37. The molecular formula is C14H25N5. The highest BCUT2D eigenvalue weighted by Gasteiger charge is 2.27. The van der Waals surface area contributed by atoms with Crippen molar-refractivity contribution in [2.45, 2.75) is 52.0 Å². The molecule has 1 saturated carbocycles. The van der Waals surface area contributed by atoms with Gasteiger partial charge < -0.3 is 10.3 Å². The highest BCUT2D eigenvalue weighted by Crippen LogP contribution is 2.32. The van der Waals surface area contributed by atoms with Crippen LogP contribution in [0.25, 0.3) is 0 Å². The summed E-state index contributed by atoms with van der Waals surface area (Å²) in [6.07, 6.45) is 7.69. The van der Waals surface area contributed by atoms with Crippen LogP contribution in [0.4, 0.5) is 11.6 Å². The highest BCUT2D eigenvalue weighted by molar-refractivity contribution is 5.58. The monoisotopic (exact) mass is 263 g/mol. The van der Waals surface area contributed by atoms with Gasteiger partial charge in [-0.3, -0.25) is 0 Å². The quantitative estimate of drug-likeness (QED) is 0.644. The Bertz CT molecular complexity index is 420. The van der Waals surface area contributed by atoms with Crippen LogP contribution >= 0.6 is 0 Å². The molecule has 0 aromatic carbocycles. The normalized spacial score (nSPS) is 23.2. The Morgan fingerprint density at radius 2 is 2.11 bits per heavy atom. The Balaban J connectivity index is 2.29. The van der Waals surface area contributed by atoms with Crippen molar-refractivity contribution in [1.29, 1.82) is 0 Å². The second kappa shape index (κ2) is 6.19. The van der Waals surface area contributed by atoms with E-state index in [-0.39, 0.29) is 0 Å². The number of nitrogens with zero attached hydrogens (tertiary/aromatic N) is 3. The summed E-state index contributed by atoms with van der Waals surface area (Å²) in [6.45, 7) is 4.45. The largest absolute Gasteiger partial charge is 0.356 e. The van der Waals surface area contributed by atoms with E-state index in [0.717, 1.165) is 23.6 Å². The Morgan fingerprint density at radius 3 is 2.74 bits per heavy atom. The summed E-state index contributed by atoms with van der Waals surface area (Å²) >= 11 is 0. The Hall–Kier alpha value is -1.36. The molecule has 0 aliphatic heterocycles. The fourth-order valence-corrected chi connectivity index (χ4v) is 3.19. The van der Waals surface area contributed by atoms with Crippen LogP contribution in [-0.4, -0.2) is 23.1 Å². The first kappa shape index (κ1) is 14.1. The average molecular weight is 263 g/mol. The zero-order valence-corrected chi connectivity index (χ0v) is 12.2. The predicted molar refractivity (Wildman–Crippen MR) is 79.0 cm³/mol. The number of nitrogens with one attached hydrogen (secondary N) is 1. The number of nitrogens with two attached hydrogens (primary N) is 1. The van der Waals surface area contributed by atoms with E-state index in [1.807, 2.05) is 0 Å². The minimum Gasteiger partial charge on any atom is -0.356 e. The van der Waals surface area contributed by atoms with Crippen molar-refractivity contribution in [3.8, 4) is 0 Å². The van der Waals surface area contributed by atoms with E-state index < -0.39 is 0 Å². The minimum atomic E-state index is 0.569. The molecule has 0 amide bonds. The van der Waals surface area contributed by atoms with Gasteiger partial charge in [0, 0.05) is 18.7 Å². The van der Waals surface area contributed by atoms with Crippen LogP contribution in [0.5, 0.6) is 0 Å². The van der Waals surface area contributed by atoms with Gasteiger partial charge in [-0.05, 0) is 25.2 Å². The number of anilines is 2. The third-order valence-electron chi connectivity index (χ3n) is 4.31. The van der Waals surface area contributed by atoms with Gasteiger partial charge in [-0.2, -0.15) is 0 Å². The maximum Gasteiger partial charge on any atom is 0.148 e. The van der Waals surface area contributed by atoms with E-state index in [9.17, 15) is 0 Å². The lowest BCUT2D eigenvalue weighted by atomic mass is 9.85. The van der Waals surface area contributed by atoms with Crippen molar-refractivity contribution in [2.24, 2.45) is 11.8 Å². The van der Waals surface area contributed by atoms with E-state index in [0.29, 0.717) is 12.0 Å². The second-order valence-electron chi connectivity index (χ2n) is 5.46. The molecule has 0 saturated heterocycles. The third kappa shape index (κ3) is 2.81. The second-order valence-corrected chi connectivity index (χ2v) is 5.46. The molecule has 0 radical (unpaired) electrons. The molecule has 19 heavy (non-hydrogen) atoms. The zero-order chi connectivity index (χ0) is 13.8. The minimum absolute atomic E-state index is 0.569. The molecule has 1 aliphatic carbocycles. The first-order valence-corrected chi connectivity index (χ1v) is 7.22. The number of hydrogen-bond acceptors (Lipinski definition) is 5. The van der Waals surface area contributed by atoms with E-state index >= 15 is 0 Å². The summed E-state index contributed by atoms with van der Waals surface area (Å²) in [6, 6.07) is 0.569. The van der Waals surface area contributed by atoms with Gasteiger partial charge in [0.15, 0.2) is 0 Å². The predicted octanol–water partition coefficient (Wildman–Crippen LogP) is 2.34. The standard InChI is InChI=1S/C14H25N5/c1-4-11-13(18-15)16-9-17-14(11)19(3)12-8-6-5-7-10(12)2/h9-10,12H,4-8,15H2,1-3H3,(H,16,17,18). The first-order chi connectivity index (χ1) is 9.19. The maximum absolute atomic E-state index is 5.54. The summed E-state index contributed by atoms with van der Waals surface area (Å²) in [5.74, 6) is 8.01. The van der Waals surface area contributed by atoms with E-state index in [2.05, 4.69) is 41.2 Å². The van der Waals surface area contributed by atoms with Crippen LogP contribution in [0.2, 0.25) is 0 Å². The van der Waals surface area contributed by atoms with E-state index in [4.69, 9.17) is 5.84 Å².